The van der Waals surface area contributed by atoms with E-state index in [-0.39, 0.29) is 18.8 Å². The molecular formula is C36H30N2O6. The second-order valence-electron chi connectivity index (χ2n) is 10.6. The molecule has 8 nitrogen and oxygen atoms in total. The Hall–Kier alpha value is -5.50. The Balaban J connectivity index is 1.37. The standard InChI is InChI=1S/C36H30N2O6/c39-33(28-19-11-4-12-20-28)32(35(41)43-23-26-15-7-2-8-16-26)37-29(22-21-25-13-5-1-6-14-25)31(34(37)40)38-30(24-44-36(38)42)27-17-9-3-10-18-27/h1-22,29-32H,23-24H2/t29?,30-,31?,32?/m1/s1. The van der Waals surface area contributed by atoms with Crippen molar-refractivity contribution in [2.45, 2.75) is 30.8 Å². The molecular weight excluding hydrogens is 556 g/mol. The van der Waals surface area contributed by atoms with Crippen molar-refractivity contribution in [1.29, 1.82) is 0 Å². The molecule has 2 aliphatic rings. The van der Waals surface area contributed by atoms with Gasteiger partial charge in [0, 0.05) is 5.56 Å². The second kappa shape index (κ2) is 12.8. The van der Waals surface area contributed by atoms with Gasteiger partial charge in [0.1, 0.15) is 19.3 Å². The summed E-state index contributed by atoms with van der Waals surface area (Å²) < 4.78 is 11.1. The SMILES string of the molecule is O=C(OCc1ccccc1)C(C(=O)c1ccccc1)N1C(=O)C(N2C(=O)OC[C@@H]2c2ccccc2)C1C=Cc1ccccc1. The van der Waals surface area contributed by atoms with E-state index in [1.807, 2.05) is 84.9 Å². The molecule has 0 bridgehead atoms. The molecule has 2 amide bonds. The highest BCUT2D eigenvalue weighted by atomic mass is 16.6. The summed E-state index contributed by atoms with van der Waals surface area (Å²) in [5.74, 6) is -1.97. The molecule has 2 saturated heterocycles. The average molecular weight is 587 g/mol. The van der Waals surface area contributed by atoms with E-state index < -0.39 is 47.9 Å². The smallest absolute Gasteiger partial charge is 0.411 e. The fourth-order valence-electron chi connectivity index (χ4n) is 5.66. The predicted octanol–water partition coefficient (Wildman–Crippen LogP) is 5.47. The number of esters is 1. The first kappa shape index (κ1) is 28.6. The van der Waals surface area contributed by atoms with E-state index in [4.69, 9.17) is 9.47 Å². The maximum Gasteiger partial charge on any atom is 0.411 e. The van der Waals surface area contributed by atoms with Crippen LogP contribution >= 0.6 is 0 Å². The lowest BCUT2D eigenvalue weighted by Gasteiger charge is -2.51. The van der Waals surface area contributed by atoms with Crippen LogP contribution in [0.1, 0.15) is 33.1 Å². The Bertz CT molecular complexity index is 1660. The zero-order valence-electron chi connectivity index (χ0n) is 23.8. The van der Waals surface area contributed by atoms with Crippen molar-refractivity contribution in [3.63, 3.8) is 0 Å². The van der Waals surface area contributed by atoms with Crippen molar-refractivity contribution in [2.75, 3.05) is 6.61 Å². The number of rotatable bonds is 10. The van der Waals surface area contributed by atoms with Crippen molar-refractivity contribution >= 4 is 29.8 Å². The molecule has 0 aliphatic carbocycles. The highest BCUT2D eigenvalue weighted by molar-refractivity contribution is 6.15. The van der Waals surface area contributed by atoms with Crippen molar-refractivity contribution < 1.29 is 28.7 Å². The number of carbonyl (C=O) groups excluding carboxylic acids is 4. The van der Waals surface area contributed by atoms with E-state index in [0.29, 0.717) is 0 Å². The van der Waals surface area contributed by atoms with E-state index in [2.05, 4.69) is 0 Å². The fraction of sp³-hybridized carbons (Fsp3) is 0.167. The largest absolute Gasteiger partial charge is 0.459 e. The van der Waals surface area contributed by atoms with Gasteiger partial charge in [-0.3, -0.25) is 14.5 Å². The number of benzene rings is 4. The first-order chi connectivity index (χ1) is 21.5. The topological polar surface area (TPSA) is 93.2 Å². The first-order valence-corrected chi connectivity index (χ1v) is 14.4. The number of Topliss-reactive ketones (excluding diaryl/α,β-unsaturated/α-hetero) is 1. The number of cyclic esters (lactones) is 1. The molecule has 44 heavy (non-hydrogen) atoms. The molecule has 0 saturated carbocycles. The first-order valence-electron chi connectivity index (χ1n) is 14.4. The number of hydrogen-bond donors (Lipinski definition) is 0. The number of β-lactam (4-membered cyclic amide) rings is 1. The molecule has 2 aliphatic heterocycles. The minimum atomic E-state index is -1.57. The molecule has 6 rings (SSSR count). The molecule has 3 unspecified atom stereocenters. The number of carbonyl (C=O) groups is 4. The van der Waals surface area contributed by atoms with Crippen LogP contribution in [0.5, 0.6) is 0 Å². The zero-order chi connectivity index (χ0) is 30.5. The van der Waals surface area contributed by atoms with E-state index in [9.17, 15) is 19.2 Å². The van der Waals surface area contributed by atoms with E-state index >= 15 is 0 Å². The van der Waals surface area contributed by atoms with Crippen LogP contribution < -0.4 is 0 Å². The number of hydrogen-bond acceptors (Lipinski definition) is 6. The van der Waals surface area contributed by atoms with Crippen LogP contribution in [-0.4, -0.2) is 58.3 Å². The summed E-state index contributed by atoms with van der Waals surface area (Å²) in [7, 11) is 0. The minimum Gasteiger partial charge on any atom is -0.459 e. The number of nitrogens with zero attached hydrogens (tertiary/aromatic N) is 2. The summed E-state index contributed by atoms with van der Waals surface area (Å²) in [6, 6.07) is 32.3. The quantitative estimate of drug-likeness (QED) is 0.106. The third kappa shape index (κ3) is 5.74. The normalized spacial score (nSPS) is 20.2. The van der Waals surface area contributed by atoms with Gasteiger partial charge in [-0.1, -0.05) is 133 Å². The highest BCUT2D eigenvalue weighted by Crippen LogP contribution is 2.39. The summed E-state index contributed by atoms with van der Waals surface area (Å²) in [6.45, 7) is 0.00991. The third-order valence-electron chi connectivity index (χ3n) is 7.86. The van der Waals surface area contributed by atoms with Gasteiger partial charge in [-0.05, 0) is 16.7 Å². The van der Waals surface area contributed by atoms with Crippen molar-refractivity contribution in [3.05, 3.63) is 150 Å². The van der Waals surface area contributed by atoms with E-state index in [1.165, 1.54) is 9.80 Å². The fourth-order valence-corrected chi connectivity index (χ4v) is 5.66. The Morgan fingerprint density at radius 1 is 0.818 bits per heavy atom. The molecule has 0 radical (unpaired) electrons. The van der Waals surface area contributed by atoms with Crippen LogP contribution in [0.3, 0.4) is 0 Å². The molecule has 2 fully saturated rings. The monoisotopic (exact) mass is 586 g/mol. The number of amides is 2. The van der Waals surface area contributed by atoms with Gasteiger partial charge in [0.15, 0.2) is 11.8 Å². The van der Waals surface area contributed by atoms with Crippen molar-refractivity contribution in [2.24, 2.45) is 0 Å². The molecule has 8 heteroatoms. The van der Waals surface area contributed by atoms with E-state index in [1.54, 1.807) is 48.5 Å². The van der Waals surface area contributed by atoms with Gasteiger partial charge in [0.2, 0.25) is 5.91 Å². The average Bonchev–Trinajstić information content (AvgIpc) is 3.45. The van der Waals surface area contributed by atoms with Crippen LogP contribution in [0, 0.1) is 0 Å². The molecule has 4 aromatic rings. The summed E-state index contributed by atoms with van der Waals surface area (Å²) in [5, 5.41) is 0. The number of ketones is 1. The van der Waals surface area contributed by atoms with Crippen LogP contribution in [0.2, 0.25) is 0 Å². The van der Waals surface area contributed by atoms with Gasteiger partial charge in [-0.15, -0.1) is 0 Å². The van der Waals surface area contributed by atoms with Crippen LogP contribution in [0.25, 0.3) is 6.08 Å². The second-order valence-corrected chi connectivity index (χ2v) is 10.6. The lowest BCUT2D eigenvalue weighted by Crippen LogP contribution is -2.74. The zero-order valence-corrected chi connectivity index (χ0v) is 23.8. The molecule has 220 valence electrons. The Morgan fingerprint density at radius 2 is 1.41 bits per heavy atom. The number of likely N-dealkylation sites (tertiary alicyclic amines) is 1. The maximum atomic E-state index is 14.1. The van der Waals surface area contributed by atoms with Crippen LogP contribution in [-0.2, 0) is 25.7 Å². The van der Waals surface area contributed by atoms with E-state index in [0.717, 1.165) is 16.7 Å². The highest BCUT2D eigenvalue weighted by Gasteiger charge is 2.59. The van der Waals surface area contributed by atoms with Crippen LogP contribution in [0.15, 0.2) is 127 Å². The Labute approximate surface area is 255 Å². The number of ether oxygens (including phenoxy) is 2. The Kier molecular flexibility index (Phi) is 8.32. The van der Waals surface area contributed by atoms with Gasteiger partial charge in [0.05, 0.1) is 12.1 Å². The molecule has 0 spiro atoms. The van der Waals surface area contributed by atoms with Crippen LogP contribution in [0.4, 0.5) is 4.79 Å². The maximum absolute atomic E-state index is 14.1. The van der Waals surface area contributed by atoms with Gasteiger partial charge >= 0.3 is 12.1 Å². The van der Waals surface area contributed by atoms with Gasteiger partial charge in [-0.2, -0.15) is 0 Å². The summed E-state index contributed by atoms with van der Waals surface area (Å²) in [5.41, 5.74) is 2.67. The van der Waals surface area contributed by atoms with Crippen molar-refractivity contribution in [3.8, 4) is 0 Å². The lowest BCUT2D eigenvalue weighted by atomic mass is 9.86. The Morgan fingerprint density at radius 3 is 2.07 bits per heavy atom. The summed E-state index contributed by atoms with van der Waals surface area (Å²) >= 11 is 0. The summed E-state index contributed by atoms with van der Waals surface area (Å²) in [4.78, 5) is 57.6. The molecule has 2 heterocycles. The molecule has 0 N–H and O–H groups in total. The van der Waals surface area contributed by atoms with Gasteiger partial charge in [0.25, 0.3) is 0 Å². The molecule has 0 aromatic heterocycles. The van der Waals surface area contributed by atoms with Crippen molar-refractivity contribution in [1.82, 2.24) is 9.80 Å². The predicted molar refractivity (Wildman–Crippen MR) is 163 cm³/mol. The lowest BCUT2D eigenvalue weighted by molar-refractivity contribution is -0.168. The summed E-state index contributed by atoms with van der Waals surface area (Å²) in [6.07, 6.45) is 2.94. The molecule has 4 atom stereocenters. The molecule has 4 aromatic carbocycles. The third-order valence-corrected chi connectivity index (χ3v) is 7.86. The minimum absolute atomic E-state index is 0.0667. The van der Waals surface area contributed by atoms with Gasteiger partial charge in [-0.25, -0.2) is 9.59 Å². The van der Waals surface area contributed by atoms with Gasteiger partial charge < -0.3 is 14.4 Å².